The van der Waals surface area contributed by atoms with Crippen molar-refractivity contribution < 1.29 is 4.79 Å². The molecule has 0 aliphatic heterocycles. The van der Waals surface area contributed by atoms with E-state index in [-0.39, 0.29) is 22.0 Å². The summed E-state index contributed by atoms with van der Waals surface area (Å²) >= 11 is 0. The summed E-state index contributed by atoms with van der Waals surface area (Å²) in [6.45, 7) is 21.8. The molecule has 0 unspecified atom stereocenters. The number of hydrogen-bond acceptors (Lipinski definition) is 1. The smallest absolute Gasteiger partial charge is 0.162 e. The largest absolute Gasteiger partial charge is 0.294 e. The molecule has 1 heteroatoms. The van der Waals surface area contributed by atoms with Gasteiger partial charge in [0.25, 0.3) is 0 Å². The fraction of sp³-hybridized carbons (Fsp3) is 0.425. The summed E-state index contributed by atoms with van der Waals surface area (Å²) in [6, 6.07) is 0. The van der Waals surface area contributed by atoms with Crippen molar-refractivity contribution in [1.29, 1.82) is 0 Å². The Morgan fingerprint density at radius 3 is 1.71 bits per heavy atom. The average Bonchev–Trinajstić information content (AvgIpc) is 3.17. The van der Waals surface area contributed by atoms with Crippen LogP contribution in [0.5, 0.6) is 0 Å². The molecule has 0 heterocycles. The number of carbonyl (C=O) groups is 1. The van der Waals surface area contributed by atoms with Crippen LogP contribution in [0.25, 0.3) is 0 Å². The molecule has 2 aliphatic rings. The second kappa shape index (κ2) is 15.2. The first-order chi connectivity index (χ1) is 19.2. The second-order valence-electron chi connectivity index (χ2n) is 13.4. The first-order valence-electron chi connectivity index (χ1n) is 15.2. The van der Waals surface area contributed by atoms with Crippen molar-refractivity contribution in [3.05, 3.63) is 131 Å². The van der Waals surface area contributed by atoms with Crippen LogP contribution >= 0.6 is 0 Å². The van der Waals surface area contributed by atoms with Gasteiger partial charge in [0.1, 0.15) is 0 Å². The molecule has 1 atom stereocenters. The molecule has 0 amide bonds. The first-order valence-corrected chi connectivity index (χ1v) is 15.2. The Labute approximate surface area is 252 Å². The molecule has 1 nitrogen and oxygen atoms in total. The summed E-state index contributed by atoms with van der Waals surface area (Å²) in [5, 5.41) is 0. The van der Waals surface area contributed by atoms with Gasteiger partial charge in [-0.1, -0.05) is 154 Å². The lowest BCUT2D eigenvalue weighted by molar-refractivity contribution is -0.127. The molecule has 0 aromatic rings. The van der Waals surface area contributed by atoms with Crippen molar-refractivity contribution in [2.45, 2.75) is 94.9 Å². The molecule has 1 fully saturated rings. The molecule has 0 spiro atoms. The highest BCUT2D eigenvalue weighted by molar-refractivity contribution is 5.95. The highest BCUT2D eigenvalue weighted by Gasteiger charge is 2.49. The number of ketones is 1. The van der Waals surface area contributed by atoms with Crippen molar-refractivity contribution in [3.63, 3.8) is 0 Å². The van der Waals surface area contributed by atoms with E-state index < -0.39 is 0 Å². The monoisotopic (exact) mass is 550 g/mol. The Hall–Kier alpha value is -3.19. The minimum atomic E-state index is -0.248. The van der Waals surface area contributed by atoms with Crippen LogP contribution in [0.3, 0.4) is 0 Å². The molecule has 0 aromatic carbocycles. The Kier molecular flexibility index (Phi) is 12.6. The summed E-state index contributed by atoms with van der Waals surface area (Å²) in [5.41, 5.74) is 7.47. The molecule has 220 valence electrons. The van der Waals surface area contributed by atoms with E-state index in [2.05, 4.69) is 141 Å². The number of allylic oxidation sites excluding steroid dienone is 22. The van der Waals surface area contributed by atoms with Crippen molar-refractivity contribution >= 4 is 5.78 Å². The normalized spacial score (nSPS) is 24.4. The van der Waals surface area contributed by atoms with E-state index in [0.29, 0.717) is 0 Å². The Morgan fingerprint density at radius 1 is 0.683 bits per heavy atom. The maximum Gasteiger partial charge on any atom is 0.162 e. The molecular formula is C40H54O. The van der Waals surface area contributed by atoms with Crippen molar-refractivity contribution in [3.8, 4) is 0 Å². The zero-order chi connectivity index (χ0) is 30.7. The van der Waals surface area contributed by atoms with Gasteiger partial charge in [-0.05, 0) is 81.9 Å². The third kappa shape index (κ3) is 10.3. The van der Waals surface area contributed by atoms with Gasteiger partial charge in [-0.3, -0.25) is 4.79 Å². The molecule has 0 aromatic heterocycles. The minimum absolute atomic E-state index is 0.0701. The molecule has 2 rings (SSSR count). The van der Waals surface area contributed by atoms with E-state index in [1.807, 2.05) is 19.1 Å². The maximum absolute atomic E-state index is 12.9. The van der Waals surface area contributed by atoms with Gasteiger partial charge in [0.15, 0.2) is 5.78 Å². The van der Waals surface area contributed by atoms with E-state index in [9.17, 15) is 4.79 Å². The number of carbonyl (C=O) groups excluding carboxylic acids is 1. The standard InChI is InChI=1S/C40H54O/c1-31(19-13-21-33(3)24-26-36-35(5)23-15-28-38(36,6)7)17-11-12-18-32(2)20-14-22-34(4)25-27-37(41)40(10)30-16-29-39(40,8)9/h11-15,17-27H,16,28-30H2,1-10H3/b12-11+,19-13+,20-14+,26-24-,27-25+,31-17+,32-18+,33-21+,34-22+/t40-/m0/s1. The third-order valence-electron chi connectivity index (χ3n) is 8.94. The fourth-order valence-corrected chi connectivity index (χ4v) is 5.52. The van der Waals surface area contributed by atoms with Crippen LogP contribution in [0.2, 0.25) is 0 Å². The van der Waals surface area contributed by atoms with Crippen LogP contribution in [0.15, 0.2) is 131 Å². The van der Waals surface area contributed by atoms with E-state index in [0.717, 1.165) is 31.3 Å². The highest BCUT2D eigenvalue weighted by Crippen LogP contribution is 2.53. The Bertz CT molecular complexity index is 1280. The van der Waals surface area contributed by atoms with Gasteiger partial charge < -0.3 is 0 Å². The topological polar surface area (TPSA) is 17.1 Å². The van der Waals surface area contributed by atoms with Crippen molar-refractivity contribution in [2.75, 3.05) is 0 Å². The molecular weight excluding hydrogens is 496 g/mol. The summed E-state index contributed by atoms with van der Waals surface area (Å²) in [6.07, 6.45) is 38.0. The predicted octanol–water partition coefficient (Wildman–Crippen LogP) is 11.6. The van der Waals surface area contributed by atoms with E-state index in [4.69, 9.17) is 0 Å². The predicted molar refractivity (Wildman–Crippen MR) is 182 cm³/mol. The SMILES string of the molecule is CC1=C(\C=C/C(C)=C/C=C/C(C)=C/C=C/C=C(C)/C=C/C=C(C)/C=C/C(=O)[C@]2(C)CCCC2(C)C)C(C)(C)CC=C1. The third-order valence-corrected chi connectivity index (χ3v) is 8.94. The van der Waals surface area contributed by atoms with Gasteiger partial charge in [0.05, 0.1) is 0 Å². The summed E-state index contributed by atoms with van der Waals surface area (Å²) in [7, 11) is 0. The first kappa shape index (κ1) is 34.0. The zero-order valence-corrected chi connectivity index (χ0v) is 27.5. The minimum Gasteiger partial charge on any atom is -0.294 e. The Morgan fingerprint density at radius 2 is 1.20 bits per heavy atom. The lowest BCUT2D eigenvalue weighted by Crippen LogP contribution is -2.36. The molecule has 0 saturated heterocycles. The summed E-state index contributed by atoms with van der Waals surface area (Å²) in [4.78, 5) is 12.9. The highest BCUT2D eigenvalue weighted by atomic mass is 16.1. The average molecular weight is 551 g/mol. The summed E-state index contributed by atoms with van der Waals surface area (Å²) < 4.78 is 0. The van der Waals surface area contributed by atoms with Crippen LogP contribution < -0.4 is 0 Å². The van der Waals surface area contributed by atoms with Gasteiger partial charge in [-0.2, -0.15) is 0 Å². The van der Waals surface area contributed by atoms with Gasteiger partial charge in [-0.15, -0.1) is 0 Å². The molecule has 1 saturated carbocycles. The van der Waals surface area contributed by atoms with Gasteiger partial charge in [0, 0.05) is 5.41 Å². The van der Waals surface area contributed by atoms with Gasteiger partial charge >= 0.3 is 0 Å². The van der Waals surface area contributed by atoms with Crippen LogP contribution in [0.4, 0.5) is 0 Å². The van der Waals surface area contributed by atoms with Crippen LogP contribution in [-0.4, -0.2) is 5.78 Å². The van der Waals surface area contributed by atoms with Crippen LogP contribution in [0.1, 0.15) is 94.9 Å². The number of hydrogen-bond donors (Lipinski definition) is 0. The molecule has 0 bridgehead atoms. The van der Waals surface area contributed by atoms with Crippen molar-refractivity contribution in [2.24, 2.45) is 16.2 Å². The molecule has 2 aliphatic carbocycles. The second-order valence-corrected chi connectivity index (χ2v) is 13.4. The summed E-state index contributed by atoms with van der Waals surface area (Å²) in [5.74, 6) is 0.253. The quantitative estimate of drug-likeness (QED) is 0.185. The fourth-order valence-electron chi connectivity index (χ4n) is 5.52. The lowest BCUT2D eigenvalue weighted by Gasteiger charge is -2.36. The molecule has 0 N–H and O–H groups in total. The van der Waals surface area contributed by atoms with E-state index in [1.54, 1.807) is 6.08 Å². The van der Waals surface area contributed by atoms with E-state index >= 15 is 0 Å². The maximum atomic E-state index is 12.9. The Balaban J connectivity index is 1.87. The van der Waals surface area contributed by atoms with Crippen LogP contribution in [0, 0.1) is 16.2 Å². The van der Waals surface area contributed by atoms with Gasteiger partial charge in [0.2, 0.25) is 0 Å². The number of rotatable bonds is 11. The van der Waals surface area contributed by atoms with Crippen molar-refractivity contribution in [1.82, 2.24) is 0 Å². The lowest BCUT2D eigenvalue weighted by atomic mass is 9.66. The zero-order valence-electron chi connectivity index (χ0n) is 27.5. The van der Waals surface area contributed by atoms with Gasteiger partial charge in [-0.25, -0.2) is 0 Å². The van der Waals surface area contributed by atoms with E-state index in [1.165, 1.54) is 27.9 Å². The van der Waals surface area contributed by atoms with Crippen LogP contribution in [-0.2, 0) is 4.79 Å². The molecule has 41 heavy (non-hydrogen) atoms. The molecule has 0 radical (unpaired) electrons.